The Hall–Kier alpha value is -4.02. The molecule has 14 heteroatoms. The van der Waals surface area contributed by atoms with Crippen molar-refractivity contribution in [3.8, 4) is 22.5 Å². The Labute approximate surface area is 267 Å². The van der Waals surface area contributed by atoms with Crippen molar-refractivity contribution in [2.45, 2.75) is 25.6 Å². The zero-order valence-electron chi connectivity index (χ0n) is 23.1. The number of rotatable bonds is 8. The van der Waals surface area contributed by atoms with Crippen LogP contribution in [0.5, 0.6) is 0 Å². The van der Waals surface area contributed by atoms with E-state index in [-0.39, 0.29) is 76.0 Å². The summed E-state index contributed by atoms with van der Waals surface area (Å²) in [6.45, 7) is 6.63. The zero-order chi connectivity index (χ0) is 30.8. The summed E-state index contributed by atoms with van der Waals surface area (Å²) in [5, 5.41) is 17.4. The van der Waals surface area contributed by atoms with Gasteiger partial charge in [0.2, 0.25) is 5.71 Å². The van der Waals surface area contributed by atoms with Crippen LogP contribution < -0.4 is 16.0 Å². The maximum Gasteiger partial charge on any atom is 2.00 e. The molecule has 4 rings (SSSR count). The number of amides is 2. The number of anilines is 1. The van der Waals surface area contributed by atoms with Gasteiger partial charge in [-0.05, 0) is 53.6 Å². The molecule has 43 heavy (non-hydrogen) atoms. The van der Waals surface area contributed by atoms with E-state index in [1.807, 2.05) is 0 Å². The molecule has 0 spiro atoms. The molecule has 2 heterocycles. The number of carbonyl (C=O) groups is 2. The molecule has 0 bridgehead atoms. The maximum atomic E-state index is 13.6. The second kappa shape index (κ2) is 13.1. The first-order chi connectivity index (χ1) is 19.7. The fraction of sp³-hybridized carbons (Fsp3) is 0.207. The second-order valence-corrected chi connectivity index (χ2v) is 9.71. The Morgan fingerprint density at radius 2 is 1.72 bits per heavy atom. The molecule has 0 fully saturated rings. The van der Waals surface area contributed by atoms with E-state index in [1.54, 1.807) is 6.07 Å². The first-order valence-corrected chi connectivity index (χ1v) is 12.4. The second-order valence-electron chi connectivity index (χ2n) is 9.71. The molecular formula is C29H24F4N6O3U. The van der Waals surface area contributed by atoms with Crippen LogP contribution >= 0.6 is 0 Å². The summed E-state index contributed by atoms with van der Waals surface area (Å²) < 4.78 is 59.0. The topological polar surface area (TPSA) is 131 Å². The number of benzene rings is 2. The third kappa shape index (κ3) is 7.50. The van der Waals surface area contributed by atoms with E-state index in [9.17, 15) is 32.6 Å². The summed E-state index contributed by atoms with van der Waals surface area (Å²) in [5.41, 5.74) is -0.594. The molecular weight excluding hydrogens is 794 g/mol. The molecule has 0 aliphatic rings. The quantitative estimate of drug-likeness (QED) is 0.0912. The van der Waals surface area contributed by atoms with Crippen LogP contribution in [0.1, 0.15) is 34.6 Å². The predicted octanol–water partition coefficient (Wildman–Crippen LogP) is 5.69. The summed E-state index contributed by atoms with van der Waals surface area (Å²) in [6, 6.07) is 12.5. The van der Waals surface area contributed by atoms with Crippen molar-refractivity contribution in [1.82, 2.24) is 15.6 Å². The van der Waals surface area contributed by atoms with Crippen molar-refractivity contribution in [3.05, 3.63) is 77.0 Å². The third-order valence-corrected chi connectivity index (χ3v) is 6.24. The van der Waals surface area contributed by atoms with Crippen molar-refractivity contribution in [1.29, 1.82) is 0 Å². The molecule has 0 aliphatic heterocycles. The van der Waals surface area contributed by atoms with E-state index in [0.29, 0.717) is 5.56 Å². The minimum Gasteiger partial charge on any atom is -0.646 e. The fourth-order valence-corrected chi connectivity index (χ4v) is 4.12. The van der Waals surface area contributed by atoms with Crippen molar-refractivity contribution in [2.24, 2.45) is 4.99 Å². The minimum atomic E-state index is -4.59. The molecule has 220 valence electrons. The largest absolute Gasteiger partial charge is 2.00 e. The summed E-state index contributed by atoms with van der Waals surface area (Å²) in [7, 11) is 1.39. The molecule has 0 saturated heterocycles. The molecule has 0 unspecified atom stereocenters. The van der Waals surface area contributed by atoms with Crippen LogP contribution in [0.4, 0.5) is 23.4 Å². The molecule has 2 aromatic heterocycles. The standard InChI is InChI=1S/C29H24F4N6O3.U/c1-28(2,27(34)36-4)39-24(40)17-7-5-6-16(12-17)19-13-20-21(25(41)35-3)22(15-8-10-18(30)11-9-15)42-26(20)38-23(19)37-14-29(31,32)33;/h4-13H,14H2,1-3H3,(H,35,41)(H,37,38)(H,39,40);/q-2;+2. The first kappa shape index (κ1) is 33.5. The Balaban J connectivity index is 0.00000506. The number of furan rings is 1. The Kier molecular flexibility index (Phi) is 10.2. The summed E-state index contributed by atoms with van der Waals surface area (Å²) in [5.74, 6) is -2.45. The minimum absolute atomic E-state index is 0. The van der Waals surface area contributed by atoms with E-state index in [1.165, 1.54) is 69.4 Å². The van der Waals surface area contributed by atoms with Crippen LogP contribution in [-0.2, 0) is 0 Å². The zero-order valence-corrected chi connectivity index (χ0v) is 27.2. The van der Waals surface area contributed by atoms with Gasteiger partial charge in [0.05, 0.1) is 10.9 Å². The number of alkyl halides is 3. The van der Waals surface area contributed by atoms with Crippen molar-refractivity contribution in [2.75, 3.05) is 18.9 Å². The van der Waals surface area contributed by atoms with Crippen LogP contribution in [0.2, 0.25) is 0 Å². The average Bonchev–Trinajstić information content (AvgIpc) is 3.32. The van der Waals surface area contributed by atoms with Gasteiger partial charge in [-0.25, -0.2) is 10.2 Å². The van der Waals surface area contributed by atoms with Gasteiger partial charge in [-0.15, -0.1) is 0 Å². The van der Waals surface area contributed by atoms with Crippen LogP contribution in [0, 0.1) is 36.9 Å². The Morgan fingerprint density at radius 1 is 1.05 bits per heavy atom. The molecule has 2 amide bonds. The molecule has 3 N–H and O–H groups in total. The number of nitrogens with one attached hydrogen (secondary N) is 3. The van der Waals surface area contributed by atoms with Crippen molar-refractivity contribution in [3.63, 3.8) is 0 Å². The van der Waals surface area contributed by atoms with Gasteiger partial charge in [0.15, 0.2) is 0 Å². The number of amidine groups is 1. The van der Waals surface area contributed by atoms with Crippen molar-refractivity contribution >= 4 is 41.3 Å². The molecule has 9 nitrogen and oxygen atoms in total. The van der Waals surface area contributed by atoms with Gasteiger partial charge in [0, 0.05) is 23.7 Å². The molecule has 0 saturated carbocycles. The number of aliphatic imine (C=N–C) groups is 1. The number of pyridine rings is 1. The number of halogens is 4. The summed E-state index contributed by atoms with van der Waals surface area (Å²) in [4.78, 5) is 33.4. The molecule has 2 aromatic carbocycles. The van der Waals surface area contributed by atoms with Gasteiger partial charge in [-0.3, -0.25) is 9.59 Å². The first-order valence-electron chi connectivity index (χ1n) is 12.4. The molecule has 0 radical (unpaired) electrons. The smallest absolute Gasteiger partial charge is 0.646 e. The normalized spacial score (nSPS) is 11.4. The van der Waals surface area contributed by atoms with Gasteiger partial charge in [-0.1, -0.05) is 26.0 Å². The van der Waals surface area contributed by atoms with E-state index in [4.69, 9.17) is 11.1 Å². The van der Waals surface area contributed by atoms with Gasteiger partial charge in [0.1, 0.15) is 23.9 Å². The Morgan fingerprint density at radius 3 is 2.33 bits per heavy atom. The van der Waals surface area contributed by atoms with Gasteiger partial charge >= 0.3 is 37.3 Å². The Bertz CT molecular complexity index is 1700. The van der Waals surface area contributed by atoms with E-state index in [0.717, 1.165) is 0 Å². The van der Waals surface area contributed by atoms with Crippen LogP contribution in [0.3, 0.4) is 0 Å². The fourth-order valence-electron chi connectivity index (χ4n) is 4.12. The van der Waals surface area contributed by atoms with Gasteiger partial charge < -0.3 is 37.5 Å². The monoisotopic (exact) mass is 818 g/mol. The maximum absolute atomic E-state index is 13.6. The van der Waals surface area contributed by atoms with E-state index < -0.39 is 41.7 Å². The summed E-state index contributed by atoms with van der Waals surface area (Å²) in [6.07, 6.45) is -4.59. The molecule has 0 atom stereocenters. The molecule has 4 aromatic rings. The molecule has 0 aliphatic carbocycles. The number of hydrogen-bond acceptors (Lipinski definition) is 5. The van der Waals surface area contributed by atoms with E-state index in [2.05, 4.69) is 25.9 Å². The predicted molar refractivity (Wildman–Crippen MR) is 151 cm³/mol. The van der Waals surface area contributed by atoms with Crippen molar-refractivity contribution < 1.29 is 62.7 Å². The van der Waals surface area contributed by atoms with Gasteiger partial charge in [-0.2, -0.15) is 18.2 Å². The summed E-state index contributed by atoms with van der Waals surface area (Å²) >= 11 is 0. The van der Waals surface area contributed by atoms with Crippen LogP contribution in [0.15, 0.2) is 64.0 Å². The van der Waals surface area contributed by atoms with Crippen LogP contribution in [-0.4, -0.2) is 54.7 Å². The number of nitrogens with zero attached hydrogens (tertiary/aromatic N) is 3. The average molecular weight is 819 g/mol. The number of carbonyl (C=O) groups excluding carboxylic acids is 2. The SMILES string of the molecule is [CH-]=NC(=[N-])C(C)(C)NC(=O)c1cccc(-c2cc3c(C(=O)NC)c(-c4ccc(F)cc4)oc3nc2NCC(F)(F)F)c1.[U+2]. The number of fused-ring (bicyclic) bond motifs is 1. The van der Waals surface area contributed by atoms with E-state index >= 15 is 0 Å². The van der Waals surface area contributed by atoms with Crippen LogP contribution in [0.25, 0.3) is 39.0 Å². The number of hydrogen-bond donors (Lipinski definition) is 3. The number of aromatic nitrogens is 1. The third-order valence-electron chi connectivity index (χ3n) is 6.24. The van der Waals surface area contributed by atoms with Gasteiger partial charge in [0.25, 0.3) is 11.8 Å².